The van der Waals surface area contributed by atoms with Crippen LogP contribution in [0.1, 0.15) is 5.56 Å². The minimum Gasteiger partial charge on any atom is -0.480 e. The van der Waals surface area contributed by atoms with E-state index in [4.69, 9.17) is 4.74 Å². The Kier molecular flexibility index (Phi) is 4.48. The van der Waals surface area contributed by atoms with Crippen LogP contribution in [0, 0.1) is 6.92 Å². The van der Waals surface area contributed by atoms with Gasteiger partial charge >= 0.3 is 0 Å². The fourth-order valence-corrected chi connectivity index (χ4v) is 3.81. The third-order valence-electron chi connectivity index (χ3n) is 4.27. The molecule has 142 valence electrons. The first-order chi connectivity index (χ1) is 13.4. The molecule has 4 rings (SSSR count). The predicted molar refractivity (Wildman–Crippen MR) is 107 cm³/mol. The van der Waals surface area contributed by atoms with E-state index in [1.807, 2.05) is 25.1 Å². The number of sulfonamides is 1. The van der Waals surface area contributed by atoms with E-state index in [1.165, 1.54) is 0 Å². The smallest absolute Gasteiger partial charge is 0.261 e. The maximum absolute atomic E-state index is 12.5. The van der Waals surface area contributed by atoms with Gasteiger partial charge in [-0.3, -0.25) is 4.72 Å². The Labute approximate surface area is 162 Å². The third kappa shape index (κ3) is 3.54. The van der Waals surface area contributed by atoms with Crippen molar-refractivity contribution in [1.82, 2.24) is 14.6 Å². The van der Waals surface area contributed by atoms with Crippen molar-refractivity contribution in [2.45, 2.75) is 11.8 Å². The molecule has 0 bridgehead atoms. The summed E-state index contributed by atoms with van der Waals surface area (Å²) in [5, 5.41) is 4.29. The standard InChI is InChI=1S/C20H18N4O3S/c1-14-3-9-17(10-4-14)28(25,26)23-16-7-5-15(6-8-16)18-13-24-19(21-18)11-12-20(22-24)27-2/h3-13,23H,1-2H3. The second kappa shape index (κ2) is 6.97. The predicted octanol–water partition coefficient (Wildman–Crippen LogP) is 3.51. The van der Waals surface area contributed by atoms with Gasteiger partial charge in [0.2, 0.25) is 5.88 Å². The maximum Gasteiger partial charge on any atom is 0.261 e. The molecular formula is C20H18N4O3S. The van der Waals surface area contributed by atoms with Crippen LogP contribution < -0.4 is 9.46 Å². The van der Waals surface area contributed by atoms with Crippen LogP contribution in [-0.2, 0) is 10.0 Å². The Hall–Kier alpha value is -3.39. The van der Waals surface area contributed by atoms with Gasteiger partial charge in [-0.2, -0.15) is 0 Å². The topological polar surface area (TPSA) is 85.6 Å². The second-order valence-corrected chi connectivity index (χ2v) is 7.98. The molecule has 0 fully saturated rings. The summed E-state index contributed by atoms with van der Waals surface area (Å²) < 4.78 is 34.3. The Morgan fingerprint density at radius 1 is 0.964 bits per heavy atom. The molecule has 2 aromatic heterocycles. The van der Waals surface area contributed by atoms with Crippen LogP contribution >= 0.6 is 0 Å². The van der Waals surface area contributed by atoms with Gasteiger partial charge in [0.25, 0.3) is 10.0 Å². The maximum atomic E-state index is 12.5. The Morgan fingerprint density at radius 3 is 2.36 bits per heavy atom. The van der Waals surface area contributed by atoms with Gasteiger partial charge in [-0.15, -0.1) is 5.10 Å². The molecule has 0 saturated carbocycles. The summed E-state index contributed by atoms with van der Waals surface area (Å²) in [4.78, 5) is 4.75. The fraction of sp³-hybridized carbons (Fsp3) is 0.100. The SMILES string of the molecule is COc1ccc2nc(-c3ccc(NS(=O)(=O)c4ccc(C)cc4)cc3)cn2n1. The van der Waals surface area contributed by atoms with Gasteiger partial charge in [0.15, 0.2) is 5.65 Å². The number of ether oxygens (including phenoxy) is 1. The second-order valence-electron chi connectivity index (χ2n) is 6.30. The lowest BCUT2D eigenvalue weighted by atomic mass is 10.1. The van der Waals surface area contributed by atoms with Gasteiger partial charge in [-0.25, -0.2) is 17.9 Å². The van der Waals surface area contributed by atoms with Crippen LogP contribution in [0.25, 0.3) is 16.9 Å². The molecule has 1 N–H and O–H groups in total. The van der Waals surface area contributed by atoms with E-state index in [0.29, 0.717) is 17.2 Å². The minimum absolute atomic E-state index is 0.225. The number of hydrogen-bond donors (Lipinski definition) is 1. The summed E-state index contributed by atoms with van der Waals surface area (Å²) >= 11 is 0. The van der Waals surface area contributed by atoms with Gasteiger partial charge < -0.3 is 4.74 Å². The summed E-state index contributed by atoms with van der Waals surface area (Å²) in [5.41, 5.74) is 3.76. The summed E-state index contributed by atoms with van der Waals surface area (Å²) in [7, 11) is -2.07. The summed E-state index contributed by atoms with van der Waals surface area (Å²) in [5.74, 6) is 0.498. The number of aryl methyl sites for hydroxylation is 1. The normalized spacial score (nSPS) is 11.5. The zero-order valence-corrected chi connectivity index (χ0v) is 16.1. The van der Waals surface area contributed by atoms with Crippen molar-refractivity contribution in [3.8, 4) is 17.1 Å². The first kappa shape index (κ1) is 18.0. The number of rotatable bonds is 5. The van der Waals surface area contributed by atoms with Crippen LogP contribution in [0.2, 0.25) is 0 Å². The van der Waals surface area contributed by atoms with E-state index < -0.39 is 10.0 Å². The number of anilines is 1. The quantitative estimate of drug-likeness (QED) is 0.560. The first-order valence-corrected chi connectivity index (χ1v) is 10.0. The summed E-state index contributed by atoms with van der Waals surface area (Å²) in [6.07, 6.45) is 1.79. The van der Waals surface area contributed by atoms with Crippen molar-refractivity contribution in [3.05, 3.63) is 72.4 Å². The van der Waals surface area contributed by atoms with Crippen molar-refractivity contribution in [2.24, 2.45) is 0 Å². The Morgan fingerprint density at radius 2 is 1.68 bits per heavy atom. The number of methoxy groups -OCH3 is 1. The van der Waals surface area contributed by atoms with Crippen LogP contribution in [0.15, 0.2) is 71.8 Å². The molecule has 7 nitrogen and oxygen atoms in total. The molecule has 0 amide bonds. The molecule has 0 aliphatic heterocycles. The third-order valence-corrected chi connectivity index (χ3v) is 5.67. The molecule has 8 heteroatoms. The molecule has 2 heterocycles. The van der Waals surface area contributed by atoms with E-state index in [9.17, 15) is 8.42 Å². The van der Waals surface area contributed by atoms with Gasteiger partial charge in [0, 0.05) is 17.3 Å². The lowest BCUT2D eigenvalue weighted by Gasteiger charge is -2.08. The van der Waals surface area contributed by atoms with Crippen LogP contribution in [0.3, 0.4) is 0 Å². The highest BCUT2D eigenvalue weighted by Crippen LogP contribution is 2.23. The van der Waals surface area contributed by atoms with E-state index in [-0.39, 0.29) is 4.90 Å². The zero-order chi connectivity index (χ0) is 19.7. The van der Waals surface area contributed by atoms with Gasteiger partial charge in [-0.1, -0.05) is 29.8 Å². The zero-order valence-electron chi connectivity index (χ0n) is 15.3. The number of imidazole rings is 1. The van der Waals surface area contributed by atoms with Gasteiger partial charge in [0.05, 0.1) is 23.9 Å². The number of benzene rings is 2. The molecule has 28 heavy (non-hydrogen) atoms. The van der Waals surface area contributed by atoms with Crippen LogP contribution in [0.4, 0.5) is 5.69 Å². The lowest BCUT2D eigenvalue weighted by Crippen LogP contribution is -2.12. The Balaban J connectivity index is 1.58. The van der Waals surface area contributed by atoms with E-state index in [2.05, 4.69) is 14.8 Å². The molecule has 0 unspecified atom stereocenters. The summed E-state index contributed by atoms with van der Waals surface area (Å²) in [6, 6.07) is 17.3. The van der Waals surface area contributed by atoms with Crippen molar-refractivity contribution < 1.29 is 13.2 Å². The average Bonchev–Trinajstić information content (AvgIpc) is 3.11. The minimum atomic E-state index is -3.63. The van der Waals surface area contributed by atoms with Crippen molar-refractivity contribution in [2.75, 3.05) is 11.8 Å². The van der Waals surface area contributed by atoms with E-state index in [1.54, 1.807) is 60.3 Å². The molecule has 2 aromatic carbocycles. The number of hydrogen-bond acceptors (Lipinski definition) is 5. The number of fused-ring (bicyclic) bond motifs is 1. The molecule has 0 aliphatic carbocycles. The van der Waals surface area contributed by atoms with Crippen molar-refractivity contribution >= 4 is 21.4 Å². The molecular weight excluding hydrogens is 376 g/mol. The molecule has 0 atom stereocenters. The number of aromatic nitrogens is 3. The first-order valence-electron chi connectivity index (χ1n) is 8.55. The highest BCUT2D eigenvalue weighted by molar-refractivity contribution is 7.92. The Bertz CT molecular complexity index is 1230. The van der Waals surface area contributed by atoms with Gasteiger partial charge in [-0.05, 0) is 37.3 Å². The molecule has 0 radical (unpaired) electrons. The fourth-order valence-electron chi connectivity index (χ4n) is 2.75. The molecule has 0 saturated heterocycles. The van der Waals surface area contributed by atoms with Gasteiger partial charge in [0.1, 0.15) is 0 Å². The lowest BCUT2D eigenvalue weighted by molar-refractivity contribution is 0.390. The highest BCUT2D eigenvalue weighted by Gasteiger charge is 2.14. The molecule has 0 aliphatic rings. The average molecular weight is 394 g/mol. The van der Waals surface area contributed by atoms with Crippen LogP contribution in [-0.4, -0.2) is 30.1 Å². The molecule has 0 spiro atoms. The largest absolute Gasteiger partial charge is 0.480 e. The highest BCUT2D eigenvalue weighted by atomic mass is 32.2. The monoisotopic (exact) mass is 394 g/mol. The number of nitrogens with zero attached hydrogens (tertiary/aromatic N) is 3. The van der Waals surface area contributed by atoms with E-state index >= 15 is 0 Å². The van der Waals surface area contributed by atoms with Crippen LogP contribution in [0.5, 0.6) is 5.88 Å². The molecule has 4 aromatic rings. The van der Waals surface area contributed by atoms with E-state index in [0.717, 1.165) is 16.8 Å². The van der Waals surface area contributed by atoms with Crippen molar-refractivity contribution in [1.29, 1.82) is 0 Å². The summed E-state index contributed by atoms with van der Waals surface area (Å²) in [6.45, 7) is 1.91. The number of nitrogens with one attached hydrogen (secondary N) is 1. The van der Waals surface area contributed by atoms with Crippen molar-refractivity contribution in [3.63, 3.8) is 0 Å².